The Morgan fingerprint density at radius 2 is 1.89 bits per heavy atom. The topological polar surface area (TPSA) is 87.6 Å². The molecule has 3 aromatic rings. The molecular weight excluding hydrogens is 470 g/mol. The average Bonchev–Trinajstić information content (AvgIpc) is 3.56. The van der Waals surface area contributed by atoms with Crippen LogP contribution in [0.4, 0.5) is 23.2 Å². The Balaban J connectivity index is 1.64. The van der Waals surface area contributed by atoms with Crippen LogP contribution in [-0.2, 0) is 0 Å². The molecule has 3 atom stereocenters. The first-order valence-electron chi connectivity index (χ1n) is 11.2. The van der Waals surface area contributed by atoms with Crippen molar-refractivity contribution in [3.8, 4) is 5.75 Å². The monoisotopic (exact) mass is 493 g/mol. The summed E-state index contributed by atoms with van der Waals surface area (Å²) in [5.41, 5.74) is -1.72. The van der Waals surface area contributed by atoms with Crippen LogP contribution in [-0.4, -0.2) is 41.0 Å². The lowest BCUT2D eigenvalue weighted by Gasteiger charge is -2.26. The van der Waals surface area contributed by atoms with Crippen LogP contribution >= 0.6 is 0 Å². The SMILES string of the molecule is COc1c(N2CC(F)C(C(O)c3ccc(F)cc3F)C2)c(F)c(C)c2c(=O)[nH]c(=O)n(C3CC3)c12. The third-order valence-corrected chi connectivity index (χ3v) is 6.90. The summed E-state index contributed by atoms with van der Waals surface area (Å²) < 4.78 is 65.2. The molecule has 5 rings (SSSR count). The summed E-state index contributed by atoms with van der Waals surface area (Å²) in [5, 5.41) is 10.7. The molecule has 3 unspecified atom stereocenters. The van der Waals surface area contributed by atoms with E-state index < -0.39 is 46.9 Å². The lowest BCUT2D eigenvalue weighted by Crippen LogP contribution is -2.32. The normalized spacial score (nSPS) is 21.1. The Labute approximate surface area is 196 Å². The summed E-state index contributed by atoms with van der Waals surface area (Å²) in [7, 11) is 1.26. The van der Waals surface area contributed by atoms with Crippen molar-refractivity contribution in [2.75, 3.05) is 25.1 Å². The summed E-state index contributed by atoms with van der Waals surface area (Å²) in [5.74, 6) is -3.91. The third kappa shape index (κ3) is 3.69. The quantitative estimate of drug-likeness (QED) is 0.533. The van der Waals surface area contributed by atoms with Crippen LogP contribution in [0, 0.1) is 30.3 Å². The average molecular weight is 493 g/mol. The predicted molar refractivity (Wildman–Crippen MR) is 120 cm³/mol. The second-order valence-electron chi connectivity index (χ2n) is 9.10. The van der Waals surface area contributed by atoms with Gasteiger partial charge in [0.1, 0.15) is 29.0 Å². The van der Waals surface area contributed by atoms with E-state index in [-0.39, 0.29) is 52.6 Å². The molecule has 1 aromatic heterocycles. The van der Waals surface area contributed by atoms with Crippen LogP contribution in [0.2, 0.25) is 0 Å². The van der Waals surface area contributed by atoms with E-state index in [2.05, 4.69) is 4.98 Å². The molecule has 2 aromatic carbocycles. The number of benzene rings is 2. The molecule has 2 N–H and O–H groups in total. The minimum Gasteiger partial charge on any atom is -0.492 e. The van der Waals surface area contributed by atoms with Crippen molar-refractivity contribution < 1.29 is 27.4 Å². The molecule has 1 saturated carbocycles. The highest BCUT2D eigenvalue weighted by atomic mass is 19.1. The molecule has 0 spiro atoms. The molecule has 1 aliphatic carbocycles. The highest BCUT2D eigenvalue weighted by Crippen LogP contribution is 2.46. The first kappa shape index (κ1) is 23.4. The van der Waals surface area contributed by atoms with Crippen LogP contribution in [0.5, 0.6) is 5.75 Å². The molecule has 2 aliphatic rings. The lowest BCUT2D eigenvalue weighted by atomic mass is 9.93. The summed E-state index contributed by atoms with van der Waals surface area (Å²) in [4.78, 5) is 28.8. The van der Waals surface area contributed by atoms with Crippen LogP contribution in [0.3, 0.4) is 0 Å². The summed E-state index contributed by atoms with van der Waals surface area (Å²) >= 11 is 0. The van der Waals surface area contributed by atoms with Gasteiger partial charge in [0.15, 0.2) is 11.6 Å². The highest BCUT2D eigenvalue weighted by Gasteiger charge is 2.42. The highest BCUT2D eigenvalue weighted by molar-refractivity contribution is 5.93. The molecule has 1 aliphatic heterocycles. The van der Waals surface area contributed by atoms with Gasteiger partial charge in [0, 0.05) is 42.2 Å². The largest absolute Gasteiger partial charge is 0.492 e. The number of aryl methyl sites for hydroxylation is 1. The van der Waals surface area contributed by atoms with E-state index in [1.807, 2.05) is 0 Å². The van der Waals surface area contributed by atoms with E-state index in [1.54, 1.807) is 0 Å². The maximum Gasteiger partial charge on any atom is 0.329 e. The van der Waals surface area contributed by atoms with Gasteiger partial charge in [0.25, 0.3) is 5.56 Å². The van der Waals surface area contributed by atoms with Gasteiger partial charge >= 0.3 is 5.69 Å². The smallest absolute Gasteiger partial charge is 0.329 e. The zero-order chi connectivity index (χ0) is 25.2. The first-order valence-corrected chi connectivity index (χ1v) is 11.2. The number of nitrogens with zero attached hydrogens (tertiary/aromatic N) is 2. The summed E-state index contributed by atoms with van der Waals surface area (Å²) in [6.45, 7) is 0.828. The molecule has 2 fully saturated rings. The van der Waals surface area contributed by atoms with Crippen molar-refractivity contribution in [3.05, 3.63) is 67.6 Å². The number of aliphatic hydroxyl groups is 1. The zero-order valence-electron chi connectivity index (χ0n) is 18.9. The van der Waals surface area contributed by atoms with E-state index in [1.165, 1.54) is 23.5 Å². The molecule has 7 nitrogen and oxygen atoms in total. The Morgan fingerprint density at radius 1 is 1.17 bits per heavy atom. The fourth-order valence-corrected chi connectivity index (χ4v) is 5.02. The number of aromatic amines is 1. The molecular formula is C24H23F4N3O4. The number of hydrogen-bond donors (Lipinski definition) is 2. The van der Waals surface area contributed by atoms with E-state index in [0.717, 1.165) is 12.1 Å². The molecule has 0 bridgehead atoms. The molecule has 186 valence electrons. The predicted octanol–water partition coefficient (Wildman–Crippen LogP) is 3.27. The standard InChI is InChI=1S/C24H23F4N3O4/c1-10-17-19(31(12-4-5-12)24(34)29-23(17)33)22(35-2)20(18(10)28)30-8-14(16(27)9-30)21(32)13-6-3-11(25)7-15(13)26/h3,6-7,12,14,16,21,32H,4-5,8-9H2,1-2H3,(H,29,33,34). The van der Waals surface area contributed by atoms with Gasteiger partial charge in [-0.15, -0.1) is 0 Å². The second-order valence-corrected chi connectivity index (χ2v) is 9.10. The van der Waals surface area contributed by atoms with Crippen LogP contribution in [0.1, 0.15) is 36.1 Å². The van der Waals surface area contributed by atoms with Crippen LogP contribution in [0.25, 0.3) is 10.9 Å². The van der Waals surface area contributed by atoms with Gasteiger partial charge in [-0.2, -0.15) is 0 Å². The molecule has 0 radical (unpaired) electrons. The van der Waals surface area contributed by atoms with Gasteiger partial charge in [0.2, 0.25) is 0 Å². The Kier molecular flexibility index (Phi) is 5.62. The van der Waals surface area contributed by atoms with Crippen LogP contribution < -0.4 is 20.9 Å². The molecule has 35 heavy (non-hydrogen) atoms. The maximum atomic E-state index is 15.7. The van der Waals surface area contributed by atoms with Crippen molar-refractivity contribution in [2.45, 2.75) is 38.1 Å². The number of fused-ring (bicyclic) bond motifs is 1. The van der Waals surface area contributed by atoms with Gasteiger partial charge in [-0.3, -0.25) is 14.3 Å². The number of H-pyrrole nitrogens is 1. The number of hydrogen-bond acceptors (Lipinski definition) is 5. The lowest BCUT2D eigenvalue weighted by molar-refractivity contribution is 0.0769. The van der Waals surface area contributed by atoms with Crippen molar-refractivity contribution in [2.24, 2.45) is 5.92 Å². The van der Waals surface area contributed by atoms with Crippen LogP contribution in [0.15, 0.2) is 27.8 Å². The Hall–Kier alpha value is -3.34. The minimum atomic E-state index is -1.68. The van der Waals surface area contributed by atoms with Crippen molar-refractivity contribution in [1.82, 2.24) is 9.55 Å². The number of aromatic nitrogens is 2. The van der Waals surface area contributed by atoms with Crippen molar-refractivity contribution in [3.63, 3.8) is 0 Å². The molecule has 1 saturated heterocycles. The maximum absolute atomic E-state index is 15.7. The van der Waals surface area contributed by atoms with E-state index in [4.69, 9.17) is 4.74 Å². The van der Waals surface area contributed by atoms with Gasteiger partial charge in [-0.05, 0) is 25.8 Å². The summed E-state index contributed by atoms with van der Waals surface area (Å²) in [6.07, 6.45) is -1.90. The number of rotatable bonds is 5. The Morgan fingerprint density at radius 3 is 2.51 bits per heavy atom. The second kappa shape index (κ2) is 8.40. The zero-order valence-corrected chi connectivity index (χ0v) is 18.9. The van der Waals surface area contributed by atoms with Crippen molar-refractivity contribution in [1.29, 1.82) is 0 Å². The fourth-order valence-electron chi connectivity index (χ4n) is 5.02. The summed E-state index contributed by atoms with van der Waals surface area (Å²) in [6, 6.07) is 2.43. The molecule has 2 heterocycles. The number of methoxy groups -OCH3 is 1. The number of nitrogens with one attached hydrogen (secondary N) is 1. The third-order valence-electron chi connectivity index (χ3n) is 6.90. The Bertz CT molecular complexity index is 1450. The number of aliphatic hydroxyl groups excluding tert-OH is 1. The number of alkyl halides is 1. The fraction of sp³-hybridized carbons (Fsp3) is 0.417. The van der Waals surface area contributed by atoms with Crippen molar-refractivity contribution >= 4 is 16.6 Å². The number of anilines is 1. The van der Waals surface area contributed by atoms with Gasteiger partial charge in [0.05, 0.1) is 18.6 Å². The van der Waals surface area contributed by atoms with E-state index >= 15 is 8.78 Å². The van der Waals surface area contributed by atoms with E-state index in [0.29, 0.717) is 18.9 Å². The van der Waals surface area contributed by atoms with Gasteiger partial charge in [-0.25, -0.2) is 22.4 Å². The molecule has 11 heteroatoms. The van der Waals surface area contributed by atoms with Gasteiger partial charge in [-0.1, -0.05) is 6.07 Å². The minimum absolute atomic E-state index is 0.0319. The number of ether oxygens (including phenoxy) is 1. The van der Waals surface area contributed by atoms with E-state index in [9.17, 15) is 23.5 Å². The number of halogens is 4. The first-order chi connectivity index (χ1) is 16.6. The van der Waals surface area contributed by atoms with Gasteiger partial charge < -0.3 is 14.7 Å². The molecule has 0 amide bonds.